The molecule has 7 nitrogen and oxygen atoms in total. The van der Waals surface area contributed by atoms with Crippen LogP contribution in [0.15, 0.2) is 101 Å². The molecule has 4 aromatic rings. The van der Waals surface area contributed by atoms with Crippen molar-refractivity contribution in [1.82, 2.24) is 10.3 Å². The van der Waals surface area contributed by atoms with E-state index in [9.17, 15) is 27.9 Å². The zero-order valence-corrected chi connectivity index (χ0v) is 22.0. The third kappa shape index (κ3) is 7.84. The number of benzene rings is 3. The lowest BCUT2D eigenvalue weighted by atomic mass is 10.0. The SMILES string of the molecule is CCc1oc(-c2ccccc2)nc1COc1ccc(C[C@H](NC(=CC(=O)c2ccccc2)C(F)(F)F)C(=O)O)cc1. The number of rotatable bonds is 12. The molecule has 0 aliphatic heterocycles. The fourth-order valence-electron chi connectivity index (χ4n) is 4.00. The number of alkyl halides is 3. The van der Waals surface area contributed by atoms with Crippen molar-refractivity contribution in [3.05, 3.63) is 119 Å². The third-order valence-corrected chi connectivity index (χ3v) is 6.13. The van der Waals surface area contributed by atoms with E-state index in [2.05, 4.69) is 4.98 Å². The first-order chi connectivity index (χ1) is 19.6. The Labute approximate surface area is 234 Å². The van der Waals surface area contributed by atoms with Gasteiger partial charge in [0.05, 0.1) is 0 Å². The molecule has 0 aliphatic carbocycles. The number of nitrogens with zero attached hydrogens (tertiary/aromatic N) is 1. The Hall–Kier alpha value is -4.86. The van der Waals surface area contributed by atoms with E-state index < -0.39 is 29.7 Å². The van der Waals surface area contributed by atoms with Gasteiger partial charge in [0.15, 0.2) is 5.78 Å². The van der Waals surface area contributed by atoms with Crippen molar-refractivity contribution in [2.75, 3.05) is 0 Å². The standard InChI is InChI=1S/C31H27F3N2O5/c1-2-27-25(36-29(41-27)22-11-7-4-8-12-22)19-40-23-15-13-20(14-16-23)17-24(30(38)39)35-28(31(32,33)34)18-26(37)21-9-5-3-6-10-21/h3-16,18,24,35H,2,17,19H2,1H3,(H,38,39)/t24-/m0/s1. The lowest BCUT2D eigenvalue weighted by molar-refractivity contribution is -0.140. The number of ketones is 1. The first-order valence-electron chi connectivity index (χ1n) is 12.8. The Kier molecular flexibility index (Phi) is 9.23. The summed E-state index contributed by atoms with van der Waals surface area (Å²) in [6.07, 6.45) is -4.24. The molecule has 0 aliphatic rings. The highest BCUT2D eigenvalue weighted by molar-refractivity contribution is 6.05. The molecule has 0 saturated heterocycles. The summed E-state index contributed by atoms with van der Waals surface area (Å²) in [6.45, 7) is 2.07. The van der Waals surface area contributed by atoms with Gasteiger partial charge >= 0.3 is 12.1 Å². The number of carbonyl (C=O) groups is 2. The molecule has 3 aromatic carbocycles. The summed E-state index contributed by atoms with van der Waals surface area (Å²) in [5.74, 6) is -0.758. The first kappa shape index (κ1) is 29.1. The number of ether oxygens (including phenoxy) is 1. The Balaban J connectivity index is 1.43. The molecule has 0 amide bonds. The van der Waals surface area contributed by atoms with E-state index in [1.807, 2.05) is 42.6 Å². The van der Waals surface area contributed by atoms with Gasteiger partial charge in [-0.3, -0.25) is 4.79 Å². The molecule has 1 heterocycles. The van der Waals surface area contributed by atoms with Gasteiger partial charge in [-0.05, 0) is 29.8 Å². The number of oxazole rings is 1. The molecular formula is C31H27F3N2O5. The normalized spacial score (nSPS) is 12.5. The van der Waals surface area contributed by atoms with E-state index in [-0.39, 0.29) is 18.6 Å². The molecule has 0 fully saturated rings. The van der Waals surface area contributed by atoms with E-state index in [4.69, 9.17) is 9.15 Å². The maximum absolute atomic E-state index is 13.7. The van der Waals surface area contributed by atoms with Gasteiger partial charge in [0.2, 0.25) is 5.89 Å². The monoisotopic (exact) mass is 564 g/mol. The fraction of sp³-hybridized carbons (Fsp3) is 0.194. The van der Waals surface area contributed by atoms with Gasteiger partial charge in [-0.15, -0.1) is 0 Å². The molecule has 1 aromatic heterocycles. The number of carboxylic acid groups (broad SMARTS) is 1. The third-order valence-electron chi connectivity index (χ3n) is 6.13. The first-order valence-corrected chi connectivity index (χ1v) is 12.8. The van der Waals surface area contributed by atoms with Crippen molar-refractivity contribution in [2.45, 2.75) is 38.6 Å². The number of carboxylic acids is 1. The van der Waals surface area contributed by atoms with Crippen LogP contribution in [0.5, 0.6) is 5.75 Å². The summed E-state index contributed by atoms with van der Waals surface area (Å²) in [4.78, 5) is 28.7. The molecule has 0 bridgehead atoms. The van der Waals surface area contributed by atoms with Crippen LogP contribution in [0, 0.1) is 0 Å². The molecule has 10 heteroatoms. The average molecular weight is 565 g/mol. The highest BCUT2D eigenvalue weighted by Crippen LogP contribution is 2.26. The van der Waals surface area contributed by atoms with Crippen LogP contribution >= 0.6 is 0 Å². The fourth-order valence-corrected chi connectivity index (χ4v) is 4.00. The van der Waals surface area contributed by atoms with E-state index in [1.165, 1.54) is 24.3 Å². The van der Waals surface area contributed by atoms with Crippen molar-refractivity contribution in [2.24, 2.45) is 0 Å². The second-order valence-electron chi connectivity index (χ2n) is 9.07. The summed E-state index contributed by atoms with van der Waals surface area (Å²) >= 11 is 0. The molecule has 0 radical (unpaired) electrons. The molecule has 212 valence electrons. The highest BCUT2D eigenvalue weighted by atomic mass is 19.4. The Morgan fingerprint density at radius 1 is 1.00 bits per heavy atom. The maximum Gasteiger partial charge on any atom is 0.431 e. The van der Waals surface area contributed by atoms with Gasteiger partial charge in [-0.1, -0.05) is 67.6 Å². The number of hydrogen-bond donors (Lipinski definition) is 2. The van der Waals surface area contributed by atoms with Crippen LogP contribution in [0.25, 0.3) is 11.5 Å². The molecule has 2 N–H and O–H groups in total. The highest BCUT2D eigenvalue weighted by Gasteiger charge is 2.37. The Bertz CT molecular complexity index is 1500. The number of halogens is 3. The summed E-state index contributed by atoms with van der Waals surface area (Å²) in [5.41, 5.74) is 0.545. The summed E-state index contributed by atoms with van der Waals surface area (Å²) in [5, 5.41) is 11.6. The van der Waals surface area contributed by atoms with Crippen LogP contribution in [-0.2, 0) is 24.2 Å². The minimum Gasteiger partial charge on any atom is -0.487 e. The zero-order valence-electron chi connectivity index (χ0n) is 22.0. The lowest BCUT2D eigenvalue weighted by Gasteiger charge is -2.20. The number of hydrogen-bond acceptors (Lipinski definition) is 6. The second kappa shape index (κ2) is 13.0. The molecule has 41 heavy (non-hydrogen) atoms. The largest absolute Gasteiger partial charge is 0.487 e. The molecule has 1 atom stereocenters. The van der Waals surface area contributed by atoms with E-state index in [0.717, 1.165) is 5.56 Å². The van der Waals surface area contributed by atoms with E-state index in [0.29, 0.717) is 41.2 Å². The van der Waals surface area contributed by atoms with Crippen molar-refractivity contribution in [1.29, 1.82) is 0 Å². The topological polar surface area (TPSA) is 102 Å². The number of carbonyl (C=O) groups excluding carboxylic acids is 1. The van der Waals surface area contributed by atoms with E-state index in [1.54, 1.807) is 30.3 Å². The smallest absolute Gasteiger partial charge is 0.431 e. The van der Waals surface area contributed by atoms with Crippen molar-refractivity contribution in [3.63, 3.8) is 0 Å². The molecular weight excluding hydrogens is 537 g/mol. The van der Waals surface area contributed by atoms with Gasteiger partial charge in [0.1, 0.15) is 35.5 Å². The summed E-state index contributed by atoms with van der Waals surface area (Å²) in [6, 6.07) is 21.5. The van der Waals surface area contributed by atoms with Crippen LogP contribution in [-0.4, -0.2) is 34.1 Å². The Morgan fingerprint density at radius 2 is 1.63 bits per heavy atom. The van der Waals surface area contributed by atoms with Gasteiger partial charge in [-0.25, -0.2) is 9.78 Å². The lowest BCUT2D eigenvalue weighted by Crippen LogP contribution is -2.42. The van der Waals surface area contributed by atoms with Crippen molar-refractivity contribution in [3.8, 4) is 17.2 Å². The predicted octanol–water partition coefficient (Wildman–Crippen LogP) is 6.40. The van der Waals surface area contributed by atoms with Crippen LogP contribution in [0.4, 0.5) is 13.2 Å². The maximum atomic E-state index is 13.7. The van der Waals surface area contributed by atoms with Crippen LogP contribution in [0.3, 0.4) is 0 Å². The van der Waals surface area contributed by atoms with Gasteiger partial charge in [0.25, 0.3) is 0 Å². The van der Waals surface area contributed by atoms with Gasteiger partial charge in [-0.2, -0.15) is 13.2 Å². The van der Waals surface area contributed by atoms with Crippen molar-refractivity contribution < 1.29 is 37.0 Å². The molecule has 0 unspecified atom stereocenters. The van der Waals surface area contributed by atoms with Crippen LogP contribution < -0.4 is 10.1 Å². The quantitative estimate of drug-likeness (QED) is 0.152. The number of aromatic nitrogens is 1. The summed E-state index contributed by atoms with van der Waals surface area (Å²) < 4.78 is 52.8. The minimum atomic E-state index is -4.96. The van der Waals surface area contributed by atoms with Crippen LogP contribution in [0.1, 0.15) is 34.3 Å². The summed E-state index contributed by atoms with van der Waals surface area (Å²) in [7, 11) is 0. The van der Waals surface area contributed by atoms with E-state index >= 15 is 0 Å². The number of nitrogens with one attached hydrogen (secondary N) is 1. The average Bonchev–Trinajstić information content (AvgIpc) is 3.39. The zero-order chi connectivity index (χ0) is 29.4. The van der Waals surface area contributed by atoms with Crippen molar-refractivity contribution >= 4 is 11.8 Å². The van der Waals surface area contributed by atoms with Gasteiger partial charge in [0, 0.05) is 30.0 Å². The number of aryl methyl sites for hydroxylation is 1. The van der Waals surface area contributed by atoms with Gasteiger partial charge < -0.3 is 19.6 Å². The molecule has 0 spiro atoms. The Morgan fingerprint density at radius 3 is 2.22 bits per heavy atom. The second-order valence-corrected chi connectivity index (χ2v) is 9.07. The predicted molar refractivity (Wildman–Crippen MR) is 145 cm³/mol. The molecule has 0 saturated carbocycles. The minimum absolute atomic E-state index is 0.0477. The molecule has 4 rings (SSSR count). The number of allylic oxidation sites excluding steroid dienone is 2. The van der Waals surface area contributed by atoms with Crippen LogP contribution in [0.2, 0.25) is 0 Å². The number of aliphatic carboxylic acids is 1.